The lowest BCUT2D eigenvalue weighted by molar-refractivity contribution is 0.109. The number of hydrogen-bond donors (Lipinski definition) is 2. The molecule has 5 heteroatoms. The van der Waals surface area contributed by atoms with Gasteiger partial charge in [-0.1, -0.05) is 6.42 Å². The Hall–Kier alpha value is -1.17. The van der Waals surface area contributed by atoms with E-state index >= 15 is 0 Å². The highest BCUT2D eigenvalue weighted by atomic mass is 16.5. The third kappa shape index (κ3) is 5.45. The summed E-state index contributed by atoms with van der Waals surface area (Å²) in [5, 5.41) is 3.16. The second-order valence-corrected chi connectivity index (χ2v) is 5.28. The van der Waals surface area contributed by atoms with Crippen molar-refractivity contribution >= 4 is 6.29 Å². The number of ether oxygens (including phenoxy) is 1. The van der Waals surface area contributed by atoms with E-state index in [1.165, 1.54) is 37.9 Å². The molecule has 5 nitrogen and oxygen atoms in total. The summed E-state index contributed by atoms with van der Waals surface area (Å²) in [5.74, 6) is 0. The quantitative estimate of drug-likeness (QED) is 0.822. The summed E-state index contributed by atoms with van der Waals surface area (Å²) < 4.78 is 5.01. The van der Waals surface area contributed by atoms with Gasteiger partial charge in [0.05, 0.1) is 18.9 Å². The van der Waals surface area contributed by atoms with Crippen LogP contribution in [0.2, 0.25) is 0 Å². The van der Waals surface area contributed by atoms with Crippen LogP contribution in [0.4, 0.5) is 0 Å². The van der Waals surface area contributed by atoms with E-state index in [9.17, 15) is 4.79 Å². The molecule has 112 valence electrons. The maximum atomic E-state index is 10.5. The summed E-state index contributed by atoms with van der Waals surface area (Å²) in [6, 6.07) is 1.93. The van der Waals surface area contributed by atoms with Crippen molar-refractivity contribution in [1.29, 1.82) is 0 Å². The number of nitrogens with one attached hydrogen (secondary N) is 2. The Labute approximate surface area is 120 Å². The fourth-order valence-electron chi connectivity index (χ4n) is 2.51. The summed E-state index contributed by atoms with van der Waals surface area (Å²) in [4.78, 5) is 15.9. The molecule has 2 aliphatic rings. The molecule has 0 aromatic carbocycles. The number of hydrogen-bond acceptors (Lipinski definition) is 4. The van der Waals surface area contributed by atoms with Crippen molar-refractivity contribution in [3.8, 4) is 0 Å². The highest BCUT2D eigenvalue weighted by Crippen LogP contribution is 2.13. The van der Waals surface area contributed by atoms with E-state index < -0.39 is 0 Å². The number of H-pyrrole nitrogens is 1. The van der Waals surface area contributed by atoms with Gasteiger partial charge in [-0.05, 0) is 37.6 Å². The molecule has 0 bridgehead atoms. The highest BCUT2D eigenvalue weighted by molar-refractivity contribution is 5.72. The number of carbonyl (C=O) groups excluding carboxylic acids is 1. The topological polar surface area (TPSA) is 57.4 Å². The SMILES string of the molecule is C1COCCN1.O=Cc1cc(CN2CCCCC2)c[nH]1. The minimum atomic E-state index is 0.678. The normalized spacial score (nSPS) is 20.0. The van der Waals surface area contributed by atoms with Crippen LogP contribution in [0.1, 0.15) is 35.3 Å². The van der Waals surface area contributed by atoms with Gasteiger partial charge in [0.1, 0.15) is 0 Å². The first kappa shape index (κ1) is 15.2. The molecule has 2 fully saturated rings. The van der Waals surface area contributed by atoms with E-state index in [1.54, 1.807) is 0 Å². The molecule has 0 aliphatic carbocycles. The van der Waals surface area contributed by atoms with Gasteiger partial charge in [0.25, 0.3) is 0 Å². The first-order valence-electron chi connectivity index (χ1n) is 7.52. The number of likely N-dealkylation sites (tertiary alicyclic amines) is 1. The second-order valence-electron chi connectivity index (χ2n) is 5.28. The lowest BCUT2D eigenvalue weighted by atomic mass is 10.1. The fraction of sp³-hybridized carbons (Fsp3) is 0.667. The molecule has 0 radical (unpaired) electrons. The van der Waals surface area contributed by atoms with Gasteiger partial charge in [-0.15, -0.1) is 0 Å². The molecular weight excluding hydrogens is 254 g/mol. The van der Waals surface area contributed by atoms with E-state index in [0.717, 1.165) is 39.1 Å². The van der Waals surface area contributed by atoms with Crippen LogP contribution in [0, 0.1) is 0 Å². The van der Waals surface area contributed by atoms with E-state index in [0.29, 0.717) is 5.69 Å². The summed E-state index contributed by atoms with van der Waals surface area (Å²) in [5.41, 5.74) is 1.89. The molecular formula is C15H25N3O2. The molecule has 0 saturated carbocycles. The van der Waals surface area contributed by atoms with Gasteiger partial charge in [0.15, 0.2) is 6.29 Å². The van der Waals surface area contributed by atoms with Crippen molar-refractivity contribution in [2.45, 2.75) is 25.8 Å². The number of morpholine rings is 1. The molecule has 2 saturated heterocycles. The first-order valence-corrected chi connectivity index (χ1v) is 7.52. The van der Waals surface area contributed by atoms with Crippen LogP contribution >= 0.6 is 0 Å². The average Bonchev–Trinajstić information content (AvgIpc) is 2.98. The predicted octanol–water partition coefficient (Wildman–Crippen LogP) is 1.42. The van der Waals surface area contributed by atoms with Gasteiger partial charge in [0.2, 0.25) is 0 Å². The van der Waals surface area contributed by atoms with Crippen LogP contribution in [-0.2, 0) is 11.3 Å². The highest BCUT2D eigenvalue weighted by Gasteiger charge is 2.10. The summed E-state index contributed by atoms with van der Waals surface area (Å²) in [6.07, 6.45) is 6.77. The monoisotopic (exact) mass is 279 g/mol. The van der Waals surface area contributed by atoms with Gasteiger partial charge >= 0.3 is 0 Å². The Kier molecular flexibility index (Phi) is 6.77. The Morgan fingerprint density at radius 3 is 2.45 bits per heavy atom. The fourth-order valence-corrected chi connectivity index (χ4v) is 2.51. The maximum Gasteiger partial charge on any atom is 0.166 e. The molecule has 1 aromatic heterocycles. The molecule has 2 N–H and O–H groups in total. The minimum absolute atomic E-state index is 0.678. The zero-order valence-electron chi connectivity index (χ0n) is 12.1. The van der Waals surface area contributed by atoms with Gasteiger partial charge in [-0.25, -0.2) is 0 Å². The van der Waals surface area contributed by atoms with Crippen molar-refractivity contribution in [3.63, 3.8) is 0 Å². The number of aldehydes is 1. The maximum absolute atomic E-state index is 10.5. The van der Waals surface area contributed by atoms with Gasteiger partial charge in [-0.2, -0.15) is 0 Å². The Morgan fingerprint density at radius 2 is 1.95 bits per heavy atom. The molecule has 2 aliphatic heterocycles. The van der Waals surface area contributed by atoms with Gasteiger partial charge in [0, 0.05) is 25.8 Å². The van der Waals surface area contributed by atoms with Crippen LogP contribution in [0.25, 0.3) is 0 Å². The van der Waals surface area contributed by atoms with E-state index in [-0.39, 0.29) is 0 Å². The number of nitrogens with zero attached hydrogens (tertiary/aromatic N) is 1. The largest absolute Gasteiger partial charge is 0.379 e. The number of carbonyl (C=O) groups is 1. The van der Waals surface area contributed by atoms with Gasteiger partial charge in [-0.3, -0.25) is 9.69 Å². The Bertz CT molecular complexity index is 371. The third-order valence-corrected chi connectivity index (χ3v) is 3.59. The number of aromatic amines is 1. The Balaban J connectivity index is 0.000000205. The van der Waals surface area contributed by atoms with Crippen molar-refractivity contribution in [2.24, 2.45) is 0 Å². The zero-order valence-corrected chi connectivity index (χ0v) is 12.1. The lowest BCUT2D eigenvalue weighted by Gasteiger charge is -2.25. The molecule has 0 amide bonds. The van der Waals surface area contributed by atoms with Crippen molar-refractivity contribution in [2.75, 3.05) is 39.4 Å². The van der Waals surface area contributed by atoms with Crippen LogP contribution in [0.15, 0.2) is 12.3 Å². The molecule has 0 spiro atoms. The van der Waals surface area contributed by atoms with E-state index in [2.05, 4.69) is 15.2 Å². The Morgan fingerprint density at radius 1 is 1.20 bits per heavy atom. The zero-order chi connectivity index (χ0) is 14.0. The predicted molar refractivity (Wildman–Crippen MR) is 79.0 cm³/mol. The number of aromatic nitrogens is 1. The summed E-state index contributed by atoms with van der Waals surface area (Å²) in [7, 11) is 0. The molecule has 0 atom stereocenters. The minimum Gasteiger partial charge on any atom is -0.379 e. The van der Waals surface area contributed by atoms with Gasteiger partial charge < -0.3 is 15.0 Å². The van der Waals surface area contributed by atoms with Crippen LogP contribution in [-0.4, -0.2) is 55.6 Å². The molecule has 3 heterocycles. The molecule has 1 aromatic rings. The molecule has 0 unspecified atom stereocenters. The smallest absolute Gasteiger partial charge is 0.166 e. The lowest BCUT2D eigenvalue weighted by Crippen LogP contribution is -2.30. The second kappa shape index (κ2) is 8.89. The van der Waals surface area contributed by atoms with Crippen LogP contribution in [0.5, 0.6) is 0 Å². The van der Waals surface area contributed by atoms with Crippen molar-refractivity contribution < 1.29 is 9.53 Å². The number of piperidine rings is 1. The first-order chi connectivity index (χ1) is 9.88. The molecule has 3 rings (SSSR count). The number of rotatable bonds is 3. The summed E-state index contributed by atoms with van der Waals surface area (Å²) >= 11 is 0. The summed E-state index contributed by atoms with van der Waals surface area (Å²) in [6.45, 7) is 7.20. The van der Waals surface area contributed by atoms with Crippen LogP contribution in [0.3, 0.4) is 0 Å². The molecule has 20 heavy (non-hydrogen) atoms. The third-order valence-electron chi connectivity index (χ3n) is 3.59. The van der Waals surface area contributed by atoms with Crippen molar-refractivity contribution in [1.82, 2.24) is 15.2 Å². The van der Waals surface area contributed by atoms with Crippen molar-refractivity contribution in [3.05, 3.63) is 23.5 Å². The standard InChI is InChI=1S/C11H16N2O.C4H9NO/c14-9-11-6-10(7-12-11)8-13-4-2-1-3-5-13;1-3-6-4-2-5-1/h6-7,9,12H,1-5,8H2;5H,1-4H2. The van der Waals surface area contributed by atoms with Crippen LogP contribution < -0.4 is 5.32 Å². The average molecular weight is 279 g/mol. The van der Waals surface area contributed by atoms with E-state index in [1.807, 2.05) is 12.3 Å². The van der Waals surface area contributed by atoms with E-state index in [4.69, 9.17) is 4.74 Å².